The molecule has 0 amide bonds. The number of nitrogens with zero attached hydrogens (tertiary/aromatic N) is 2. The largest absolute Gasteiger partial charge is 0.357 e. The first-order valence-electron chi connectivity index (χ1n) is 4.66. The fourth-order valence-corrected chi connectivity index (χ4v) is 1.45. The summed E-state index contributed by atoms with van der Waals surface area (Å²) in [5.74, 6) is 0. The molecular weight excluding hydrogens is 176 g/mol. The van der Waals surface area contributed by atoms with Crippen LogP contribution in [0.5, 0.6) is 0 Å². The molecule has 2 aromatic heterocycles. The molecule has 0 spiro atoms. The van der Waals surface area contributed by atoms with Crippen LogP contribution in [0.3, 0.4) is 0 Å². The Balaban J connectivity index is 2.24. The lowest BCUT2D eigenvalue weighted by molar-refractivity contribution is 0.901. The molecule has 2 heterocycles. The van der Waals surface area contributed by atoms with Crippen molar-refractivity contribution in [1.82, 2.24) is 14.8 Å². The first-order chi connectivity index (χ1) is 6.79. The maximum absolute atomic E-state index is 5.46. The van der Waals surface area contributed by atoms with E-state index in [2.05, 4.69) is 10.2 Å². The van der Waals surface area contributed by atoms with Gasteiger partial charge in [0.2, 0.25) is 0 Å². The Hall–Kier alpha value is -1.55. The molecule has 2 rings (SSSR count). The summed E-state index contributed by atoms with van der Waals surface area (Å²) in [5.41, 5.74) is 8.66. The number of hydrogen-bond donors (Lipinski definition) is 2. The normalized spacial score (nSPS) is 10.7. The summed E-state index contributed by atoms with van der Waals surface area (Å²) in [6, 6.07) is 4.09. The molecule has 0 saturated carbocycles. The minimum Gasteiger partial charge on any atom is -0.357 e. The van der Waals surface area contributed by atoms with Gasteiger partial charge in [0, 0.05) is 37.1 Å². The molecule has 2 aromatic rings. The van der Waals surface area contributed by atoms with Crippen LogP contribution in [-0.2, 0) is 13.5 Å². The average Bonchev–Trinajstić information content (AvgIpc) is 2.74. The smallest absolute Gasteiger partial charge is 0.0938 e. The van der Waals surface area contributed by atoms with Crippen molar-refractivity contribution in [2.75, 3.05) is 6.54 Å². The number of nitrogens with two attached hydrogens (primary N) is 1. The van der Waals surface area contributed by atoms with Gasteiger partial charge in [-0.1, -0.05) is 0 Å². The molecule has 3 N–H and O–H groups in total. The minimum atomic E-state index is 0.649. The number of aromatic nitrogens is 3. The summed E-state index contributed by atoms with van der Waals surface area (Å²) < 4.78 is 2.01. The molecule has 4 heteroatoms. The van der Waals surface area contributed by atoms with Crippen LogP contribution in [0.4, 0.5) is 0 Å². The van der Waals surface area contributed by atoms with E-state index in [9.17, 15) is 0 Å². The third kappa shape index (κ3) is 1.70. The van der Waals surface area contributed by atoms with Crippen LogP contribution in [0.1, 0.15) is 5.69 Å². The van der Waals surface area contributed by atoms with Crippen LogP contribution in [0.2, 0.25) is 0 Å². The Morgan fingerprint density at radius 1 is 1.57 bits per heavy atom. The van der Waals surface area contributed by atoms with Crippen LogP contribution >= 0.6 is 0 Å². The van der Waals surface area contributed by atoms with Crippen LogP contribution in [-0.4, -0.2) is 21.3 Å². The molecular formula is C10H14N4. The number of nitrogens with one attached hydrogen (secondary N) is 1. The highest BCUT2D eigenvalue weighted by molar-refractivity contribution is 5.58. The molecule has 74 valence electrons. The van der Waals surface area contributed by atoms with Gasteiger partial charge in [0.15, 0.2) is 0 Å². The van der Waals surface area contributed by atoms with E-state index < -0.39 is 0 Å². The third-order valence-corrected chi connectivity index (χ3v) is 2.17. The molecule has 0 aliphatic carbocycles. The summed E-state index contributed by atoms with van der Waals surface area (Å²) in [7, 11) is 2.00. The molecule has 0 radical (unpaired) electrons. The fourth-order valence-electron chi connectivity index (χ4n) is 1.45. The number of aryl methyl sites for hydroxylation is 1. The van der Waals surface area contributed by atoms with E-state index in [1.54, 1.807) is 0 Å². The summed E-state index contributed by atoms with van der Waals surface area (Å²) in [6.45, 7) is 0.649. The lowest BCUT2D eigenvalue weighted by Gasteiger charge is -1.88. The molecule has 0 unspecified atom stereocenters. The SMILES string of the molecule is Cn1ccc(-c2cc(CCN)[nH]n2)c1. The second kappa shape index (κ2) is 3.67. The van der Waals surface area contributed by atoms with E-state index in [0.29, 0.717) is 6.54 Å². The Labute approximate surface area is 82.7 Å². The lowest BCUT2D eigenvalue weighted by atomic mass is 10.2. The zero-order chi connectivity index (χ0) is 9.97. The number of H-pyrrole nitrogens is 1. The monoisotopic (exact) mass is 190 g/mol. The molecule has 0 bridgehead atoms. The van der Waals surface area contributed by atoms with Gasteiger partial charge in [0.05, 0.1) is 5.69 Å². The van der Waals surface area contributed by atoms with Crippen molar-refractivity contribution >= 4 is 0 Å². The van der Waals surface area contributed by atoms with Crippen molar-refractivity contribution in [3.8, 4) is 11.3 Å². The molecule has 0 aliphatic rings. The lowest BCUT2D eigenvalue weighted by Crippen LogP contribution is -2.02. The maximum atomic E-state index is 5.46. The van der Waals surface area contributed by atoms with Gasteiger partial charge in [-0.2, -0.15) is 5.10 Å². The Kier molecular flexibility index (Phi) is 2.37. The van der Waals surface area contributed by atoms with Gasteiger partial charge >= 0.3 is 0 Å². The Morgan fingerprint density at radius 3 is 3.07 bits per heavy atom. The Morgan fingerprint density at radius 2 is 2.43 bits per heavy atom. The van der Waals surface area contributed by atoms with Crippen molar-refractivity contribution in [2.24, 2.45) is 12.8 Å². The summed E-state index contributed by atoms with van der Waals surface area (Å²) in [4.78, 5) is 0. The highest BCUT2D eigenvalue weighted by Gasteiger charge is 2.03. The van der Waals surface area contributed by atoms with E-state index in [1.807, 2.05) is 36.1 Å². The van der Waals surface area contributed by atoms with Crippen molar-refractivity contribution in [3.05, 3.63) is 30.2 Å². The highest BCUT2D eigenvalue weighted by Crippen LogP contribution is 2.17. The van der Waals surface area contributed by atoms with Crippen molar-refractivity contribution in [2.45, 2.75) is 6.42 Å². The zero-order valence-electron chi connectivity index (χ0n) is 8.20. The van der Waals surface area contributed by atoms with E-state index in [0.717, 1.165) is 23.4 Å². The van der Waals surface area contributed by atoms with Crippen molar-refractivity contribution < 1.29 is 0 Å². The molecule has 14 heavy (non-hydrogen) atoms. The fraction of sp³-hybridized carbons (Fsp3) is 0.300. The van der Waals surface area contributed by atoms with Gasteiger partial charge in [-0.05, 0) is 18.7 Å². The van der Waals surface area contributed by atoms with Crippen LogP contribution < -0.4 is 5.73 Å². The minimum absolute atomic E-state index is 0.649. The van der Waals surface area contributed by atoms with Gasteiger partial charge in [0.25, 0.3) is 0 Å². The average molecular weight is 190 g/mol. The molecule has 0 atom stereocenters. The molecule has 0 saturated heterocycles. The van der Waals surface area contributed by atoms with Crippen molar-refractivity contribution in [3.63, 3.8) is 0 Å². The van der Waals surface area contributed by atoms with E-state index >= 15 is 0 Å². The van der Waals surface area contributed by atoms with Gasteiger partial charge in [-0.15, -0.1) is 0 Å². The summed E-state index contributed by atoms with van der Waals surface area (Å²) >= 11 is 0. The molecule has 0 fully saturated rings. The Bertz CT molecular complexity index is 413. The first-order valence-corrected chi connectivity index (χ1v) is 4.66. The van der Waals surface area contributed by atoms with Gasteiger partial charge < -0.3 is 10.3 Å². The van der Waals surface area contributed by atoms with Crippen molar-refractivity contribution in [1.29, 1.82) is 0 Å². The van der Waals surface area contributed by atoms with E-state index in [1.165, 1.54) is 0 Å². The first kappa shape index (κ1) is 9.02. The standard InChI is InChI=1S/C10H14N4/c1-14-5-3-8(7-14)10-6-9(2-4-11)12-13-10/h3,5-7H,2,4,11H2,1H3,(H,12,13). The third-order valence-electron chi connectivity index (χ3n) is 2.17. The van der Waals surface area contributed by atoms with Crippen LogP contribution in [0, 0.1) is 0 Å². The van der Waals surface area contributed by atoms with Gasteiger partial charge in [0.1, 0.15) is 0 Å². The number of hydrogen-bond acceptors (Lipinski definition) is 2. The number of aromatic amines is 1. The van der Waals surface area contributed by atoms with Gasteiger partial charge in [-0.25, -0.2) is 0 Å². The van der Waals surface area contributed by atoms with Gasteiger partial charge in [-0.3, -0.25) is 5.10 Å². The predicted molar refractivity (Wildman–Crippen MR) is 55.8 cm³/mol. The predicted octanol–water partition coefficient (Wildman–Crippen LogP) is 0.916. The molecule has 4 nitrogen and oxygen atoms in total. The van der Waals surface area contributed by atoms with Crippen LogP contribution in [0.15, 0.2) is 24.5 Å². The second-order valence-electron chi connectivity index (χ2n) is 3.38. The van der Waals surface area contributed by atoms with E-state index in [4.69, 9.17) is 5.73 Å². The summed E-state index contributed by atoms with van der Waals surface area (Å²) in [6.07, 6.45) is 4.90. The maximum Gasteiger partial charge on any atom is 0.0938 e. The summed E-state index contributed by atoms with van der Waals surface area (Å²) in [5, 5.41) is 7.20. The highest BCUT2D eigenvalue weighted by atomic mass is 15.1. The molecule has 0 aliphatic heterocycles. The molecule has 0 aromatic carbocycles. The second-order valence-corrected chi connectivity index (χ2v) is 3.38. The quantitative estimate of drug-likeness (QED) is 0.756. The zero-order valence-corrected chi connectivity index (χ0v) is 8.20. The van der Waals surface area contributed by atoms with E-state index in [-0.39, 0.29) is 0 Å². The topological polar surface area (TPSA) is 59.6 Å². The number of rotatable bonds is 3. The van der Waals surface area contributed by atoms with Crippen LogP contribution in [0.25, 0.3) is 11.3 Å².